The molecule has 3 N–H and O–H groups in total. The van der Waals surface area contributed by atoms with Crippen LogP contribution in [0, 0.1) is 17.2 Å². The second-order valence-corrected chi connectivity index (χ2v) is 9.63. The van der Waals surface area contributed by atoms with Crippen molar-refractivity contribution in [2.24, 2.45) is 5.92 Å². The minimum Gasteiger partial charge on any atom is -0.508 e. The van der Waals surface area contributed by atoms with Gasteiger partial charge in [0.05, 0.1) is 6.07 Å². The van der Waals surface area contributed by atoms with Crippen LogP contribution in [0.4, 0.5) is 4.79 Å². The summed E-state index contributed by atoms with van der Waals surface area (Å²) in [5.41, 5.74) is -0.313. The lowest BCUT2D eigenvalue weighted by atomic mass is 9.95. The number of rotatable bonds is 12. The first-order valence-corrected chi connectivity index (χ1v) is 12.2. The van der Waals surface area contributed by atoms with E-state index in [4.69, 9.17) is 4.74 Å². The molecule has 3 amide bonds. The molecule has 0 saturated carbocycles. The van der Waals surface area contributed by atoms with Crippen molar-refractivity contribution in [2.45, 2.75) is 84.9 Å². The van der Waals surface area contributed by atoms with Gasteiger partial charge in [-0.3, -0.25) is 9.59 Å². The lowest BCUT2D eigenvalue weighted by Gasteiger charge is -2.34. The van der Waals surface area contributed by atoms with E-state index in [0.717, 1.165) is 19.3 Å². The smallest absolute Gasteiger partial charge is 0.408 e. The number of phenols is 1. The molecule has 3 atom stereocenters. The van der Waals surface area contributed by atoms with Crippen LogP contribution in [-0.4, -0.2) is 52.6 Å². The number of nitrogens with zero attached hydrogens (tertiary/aromatic N) is 2. The zero-order valence-corrected chi connectivity index (χ0v) is 21.8. The number of phenolic OH excluding ortho intramolecular Hbond substituents is 1. The fourth-order valence-electron chi connectivity index (χ4n) is 3.48. The van der Waals surface area contributed by atoms with Crippen molar-refractivity contribution in [3.05, 3.63) is 29.8 Å². The van der Waals surface area contributed by atoms with E-state index in [1.165, 1.54) is 17.0 Å². The Hall–Kier alpha value is -3.28. The molecule has 1 aromatic rings. The first-order valence-electron chi connectivity index (χ1n) is 12.2. The average molecular weight is 489 g/mol. The van der Waals surface area contributed by atoms with Crippen molar-refractivity contribution in [2.75, 3.05) is 13.1 Å². The van der Waals surface area contributed by atoms with Crippen LogP contribution >= 0.6 is 0 Å². The van der Waals surface area contributed by atoms with E-state index in [9.17, 15) is 24.8 Å². The minimum atomic E-state index is -1.11. The van der Waals surface area contributed by atoms with E-state index in [1.54, 1.807) is 32.9 Å². The van der Waals surface area contributed by atoms with Crippen LogP contribution in [0.3, 0.4) is 0 Å². The third-order valence-corrected chi connectivity index (χ3v) is 5.52. The molecule has 3 unspecified atom stereocenters. The van der Waals surface area contributed by atoms with Gasteiger partial charge in [0.15, 0.2) is 0 Å². The highest BCUT2D eigenvalue weighted by atomic mass is 16.6. The number of amides is 3. The van der Waals surface area contributed by atoms with Gasteiger partial charge >= 0.3 is 6.09 Å². The number of nitrogens with one attached hydrogen (secondary N) is 2. The minimum absolute atomic E-state index is 0.0121. The van der Waals surface area contributed by atoms with Gasteiger partial charge in [-0.2, -0.15) is 5.26 Å². The molecule has 9 nitrogen and oxygen atoms in total. The summed E-state index contributed by atoms with van der Waals surface area (Å²) in [4.78, 5) is 40.8. The Morgan fingerprint density at radius 2 is 1.77 bits per heavy atom. The molecule has 194 valence electrons. The van der Waals surface area contributed by atoms with Crippen molar-refractivity contribution in [1.82, 2.24) is 15.5 Å². The summed E-state index contributed by atoms with van der Waals surface area (Å²) < 4.78 is 5.34. The average Bonchev–Trinajstić information content (AvgIpc) is 2.79. The molecular weight excluding hydrogens is 448 g/mol. The summed E-state index contributed by atoms with van der Waals surface area (Å²) in [6.07, 6.45) is 2.54. The van der Waals surface area contributed by atoms with E-state index in [2.05, 4.69) is 17.6 Å². The highest BCUT2D eigenvalue weighted by Crippen LogP contribution is 2.26. The normalized spacial score (nSPS) is 13.6. The highest BCUT2D eigenvalue weighted by molar-refractivity contribution is 5.92. The maximum atomic E-state index is 13.8. The molecule has 0 saturated heterocycles. The van der Waals surface area contributed by atoms with Gasteiger partial charge in [0.25, 0.3) is 0 Å². The molecule has 1 aromatic carbocycles. The van der Waals surface area contributed by atoms with Gasteiger partial charge in [0.1, 0.15) is 30.0 Å². The monoisotopic (exact) mass is 488 g/mol. The van der Waals surface area contributed by atoms with E-state index >= 15 is 0 Å². The van der Waals surface area contributed by atoms with Crippen LogP contribution < -0.4 is 10.6 Å². The number of carbonyl (C=O) groups is 3. The molecule has 0 fully saturated rings. The van der Waals surface area contributed by atoms with Crippen LogP contribution in [0.25, 0.3) is 0 Å². The molecule has 0 aliphatic rings. The second kappa shape index (κ2) is 14.2. The van der Waals surface area contributed by atoms with Crippen molar-refractivity contribution < 1.29 is 24.2 Å². The quantitative estimate of drug-likeness (QED) is 0.301. The lowest BCUT2D eigenvalue weighted by Crippen LogP contribution is -2.55. The predicted octanol–water partition coefficient (Wildman–Crippen LogP) is 4.03. The number of benzene rings is 1. The van der Waals surface area contributed by atoms with Crippen LogP contribution in [-0.2, 0) is 14.3 Å². The van der Waals surface area contributed by atoms with Gasteiger partial charge < -0.3 is 25.4 Å². The molecule has 0 aliphatic carbocycles. The molecule has 1 rings (SSSR count). The summed E-state index contributed by atoms with van der Waals surface area (Å²) in [6.45, 7) is 11.0. The Bertz CT molecular complexity index is 873. The molecule has 35 heavy (non-hydrogen) atoms. The molecule has 0 radical (unpaired) electrons. The first kappa shape index (κ1) is 29.8. The maximum Gasteiger partial charge on any atom is 0.408 e. The molecule has 0 spiro atoms. The van der Waals surface area contributed by atoms with E-state index in [0.29, 0.717) is 18.5 Å². The number of unbranched alkanes of at least 4 members (excludes halogenated alkanes) is 2. The van der Waals surface area contributed by atoms with Crippen molar-refractivity contribution in [3.8, 4) is 11.8 Å². The topological polar surface area (TPSA) is 132 Å². The summed E-state index contributed by atoms with van der Waals surface area (Å²) in [6, 6.07) is 5.79. The third-order valence-electron chi connectivity index (χ3n) is 5.52. The van der Waals surface area contributed by atoms with Gasteiger partial charge in [0.2, 0.25) is 11.8 Å². The molecule has 0 heterocycles. The number of ether oxygens (including phenoxy) is 1. The maximum absolute atomic E-state index is 13.8. The predicted molar refractivity (Wildman–Crippen MR) is 133 cm³/mol. The van der Waals surface area contributed by atoms with Crippen molar-refractivity contribution in [3.63, 3.8) is 0 Å². The van der Waals surface area contributed by atoms with Gasteiger partial charge in [-0.15, -0.1) is 0 Å². The fourth-order valence-corrected chi connectivity index (χ4v) is 3.48. The van der Waals surface area contributed by atoms with E-state index < -0.39 is 35.6 Å². The molecule has 0 aliphatic heterocycles. The van der Waals surface area contributed by atoms with Crippen LogP contribution in [0.5, 0.6) is 5.75 Å². The number of hydrogen-bond acceptors (Lipinski definition) is 6. The van der Waals surface area contributed by atoms with Crippen molar-refractivity contribution >= 4 is 17.9 Å². The third kappa shape index (κ3) is 9.85. The van der Waals surface area contributed by atoms with Gasteiger partial charge in [-0.1, -0.05) is 52.2 Å². The second-order valence-electron chi connectivity index (χ2n) is 9.63. The summed E-state index contributed by atoms with van der Waals surface area (Å²) in [5.74, 6) is -1.27. The van der Waals surface area contributed by atoms with Crippen molar-refractivity contribution in [1.29, 1.82) is 5.26 Å². The standard InChI is InChI=1S/C26H40N4O5/c1-7-9-10-16-28-23(32)22(19-11-13-20(31)14-12-19)30(17-15-27)24(33)21(18(3)8-2)29-25(34)35-26(4,5)6/h11-14,18,21-22,31H,7-10,16-17H2,1-6H3,(H,28,32)(H,29,34). The largest absolute Gasteiger partial charge is 0.508 e. The van der Waals surface area contributed by atoms with Gasteiger partial charge in [-0.25, -0.2) is 4.79 Å². The SMILES string of the molecule is CCCCCNC(=O)C(c1ccc(O)cc1)N(CC#N)C(=O)C(NC(=O)OC(C)(C)C)C(C)CC. The number of nitriles is 1. The zero-order valence-electron chi connectivity index (χ0n) is 21.8. The Morgan fingerprint density at radius 1 is 1.14 bits per heavy atom. The number of carbonyl (C=O) groups excluding carboxylic acids is 3. The summed E-state index contributed by atoms with van der Waals surface area (Å²) in [7, 11) is 0. The number of aromatic hydroxyl groups is 1. The van der Waals surface area contributed by atoms with Gasteiger partial charge in [-0.05, 0) is 50.8 Å². The number of alkyl carbamates (subject to hydrolysis) is 1. The molecule has 0 aromatic heterocycles. The zero-order chi connectivity index (χ0) is 26.6. The first-order chi connectivity index (χ1) is 16.4. The summed E-state index contributed by atoms with van der Waals surface area (Å²) in [5, 5.41) is 24.8. The Labute approximate surface area is 208 Å². The lowest BCUT2D eigenvalue weighted by molar-refractivity contribution is -0.142. The van der Waals surface area contributed by atoms with Gasteiger partial charge in [0, 0.05) is 6.54 Å². The van der Waals surface area contributed by atoms with Crippen LogP contribution in [0.1, 0.15) is 78.8 Å². The summed E-state index contributed by atoms with van der Waals surface area (Å²) >= 11 is 0. The van der Waals surface area contributed by atoms with E-state index in [-0.39, 0.29) is 18.2 Å². The Morgan fingerprint density at radius 3 is 2.29 bits per heavy atom. The Balaban J connectivity index is 3.37. The van der Waals surface area contributed by atoms with E-state index in [1.807, 2.05) is 19.9 Å². The fraction of sp³-hybridized carbons (Fsp3) is 0.615. The molecule has 9 heteroatoms. The number of hydrogen-bond donors (Lipinski definition) is 3. The van der Waals surface area contributed by atoms with Crippen LogP contribution in [0.15, 0.2) is 24.3 Å². The molecular formula is C26H40N4O5. The molecule has 0 bridgehead atoms. The Kier molecular flexibility index (Phi) is 12.1. The highest BCUT2D eigenvalue weighted by Gasteiger charge is 2.38. The van der Waals surface area contributed by atoms with Crippen LogP contribution in [0.2, 0.25) is 0 Å².